The van der Waals surface area contributed by atoms with Crippen LogP contribution in [-0.4, -0.2) is 60.1 Å². The number of nitrogens with zero attached hydrogens (tertiary/aromatic N) is 2. The summed E-state index contributed by atoms with van der Waals surface area (Å²) in [5.74, 6) is -0.363. The van der Waals surface area contributed by atoms with Gasteiger partial charge < -0.3 is 14.4 Å². The maximum atomic E-state index is 13.0. The molecule has 2 aliphatic rings. The van der Waals surface area contributed by atoms with E-state index in [1.165, 1.54) is 0 Å². The van der Waals surface area contributed by atoms with E-state index in [4.69, 9.17) is 9.47 Å². The Morgan fingerprint density at radius 3 is 2.39 bits per heavy atom. The lowest BCUT2D eigenvalue weighted by Gasteiger charge is -2.34. The lowest BCUT2D eigenvalue weighted by atomic mass is 9.96. The van der Waals surface area contributed by atoms with Crippen LogP contribution in [0.3, 0.4) is 0 Å². The van der Waals surface area contributed by atoms with Gasteiger partial charge in [0.1, 0.15) is 12.6 Å². The fourth-order valence-electron chi connectivity index (χ4n) is 3.85. The molecule has 0 saturated carbocycles. The maximum Gasteiger partial charge on any atom is 0.410 e. The summed E-state index contributed by atoms with van der Waals surface area (Å²) in [7, 11) is 0. The van der Waals surface area contributed by atoms with Gasteiger partial charge in [-0.1, -0.05) is 30.3 Å². The topological polar surface area (TPSA) is 76.2 Å². The molecule has 152 valence electrons. The molecule has 0 aliphatic carbocycles. The Kier molecular flexibility index (Phi) is 6.90. The number of esters is 1. The smallest absolute Gasteiger partial charge is 0.410 e. The van der Waals surface area contributed by atoms with Crippen LogP contribution in [-0.2, 0) is 25.7 Å². The third-order valence-electron chi connectivity index (χ3n) is 5.40. The highest BCUT2D eigenvalue weighted by Gasteiger charge is 2.39. The van der Waals surface area contributed by atoms with Crippen LogP contribution >= 0.6 is 0 Å². The van der Waals surface area contributed by atoms with E-state index in [1.807, 2.05) is 30.3 Å². The number of ether oxygens (including phenoxy) is 2. The van der Waals surface area contributed by atoms with Crippen molar-refractivity contribution < 1.29 is 23.9 Å². The Morgan fingerprint density at radius 1 is 1.00 bits per heavy atom. The van der Waals surface area contributed by atoms with Crippen molar-refractivity contribution in [2.75, 3.05) is 26.2 Å². The van der Waals surface area contributed by atoms with E-state index < -0.39 is 12.1 Å². The van der Waals surface area contributed by atoms with Crippen LogP contribution in [0.25, 0.3) is 0 Å². The quantitative estimate of drug-likeness (QED) is 0.725. The molecule has 2 aliphatic heterocycles. The van der Waals surface area contributed by atoms with Crippen molar-refractivity contribution in [2.24, 2.45) is 5.92 Å². The van der Waals surface area contributed by atoms with Crippen LogP contribution in [0.5, 0.6) is 0 Å². The molecule has 28 heavy (non-hydrogen) atoms. The van der Waals surface area contributed by atoms with Crippen molar-refractivity contribution in [3.8, 4) is 0 Å². The Labute approximate surface area is 165 Å². The Balaban J connectivity index is 1.51. The van der Waals surface area contributed by atoms with Gasteiger partial charge in [-0.2, -0.15) is 0 Å². The van der Waals surface area contributed by atoms with Crippen LogP contribution < -0.4 is 0 Å². The molecule has 7 nitrogen and oxygen atoms in total. The summed E-state index contributed by atoms with van der Waals surface area (Å²) in [6.45, 7) is 3.94. The van der Waals surface area contributed by atoms with Crippen molar-refractivity contribution in [3.63, 3.8) is 0 Å². The molecule has 0 spiro atoms. The molecule has 0 unspecified atom stereocenters. The van der Waals surface area contributed by atoms with Gasteiger partial charge >= 0.3 is 12.1 Å². The third-order valence-corrected chi connectivity index (χ3v) is 5.40. The number of rotatable bonds is 5. The van der Waals surface area contributed by atoms with Gasteiger partial charge in [-0.25, -0.2) is 4.79 Å². The molecule has 1 aromatic rings. The molecule has 7 heteroatoms. The van der Waals surface area contributed by atoms with Crippen LogP contribution in [0.15, 0.2) is 30.3 Å². The fourth-order valence-corrected chi connectivity index (χ4v) is 3.85. The van der Waals surface area contributed by atoms with E-state index >= 15 is 0 Å². The number of hydrogen-bond donors (Lipinski definition) is 0. The van der Waals surface area contributed by atoms with Crippen LogP contribution in [0.4, 0.5) is 4.79 Å². The van der Waals surface area contributed by atoms with E-state index in [0.29, 0.717) is 45.5 Å². The standard InChI is InChI=1S/C21H28N2O5/c1-2-27-20(25)17-10-13-22(14-11-17)19(24)18-9-6-12-23(18)21(26)28-15-16-7-4-3-5-8-16/h3-5,7-8,17-18H,2,6,9-15H2,1H3/t18-/m0/s1. The zero-order valence-corrected chi connectivity index (χ0v) is 16.3. The number of carbonyl (C=O) groups excluding carboxylic acids is 3. The molecule has 0 bridgehead atoms. The van der Waals surface area contributed by atoms with Gasteiger partial charge in [-0.15, -0.1) is 0 Å². The van der Waals surface area contributed by atoms with Crippen molar-refractivity contribution in [2.45, 2.75) is 45.3 Å². The van der Waals surface area contributed by atoms with E-state index in [9.17, 15) is 14.4 Å². The highest BCUT2D eigenvalue weighted by atomic mass is 16.6. The first-order valence-electron chi connectivity index (χ1n) is 10.0. The molecule has 2 fully saturated rings. The van der Waals surface area contributed by atoms with Gasteiger partial charge in [0.15, 0.2) is 0 Å². The average molecular weight is 388 g/mol. The second-order valence-corrected chi connectivity index (χ2v) is 7.24. The molecule has 3 rings (SSSR count). The summed E-state index contributed by atoms with van der Waals surface area (Å²) >= 11 is 0. The first-order chi connectivity index (χ1) is 13.6. The minimum absolute atomic E-state index is 0.0449. The van der Waals surface area contributed by atoms with Crippen molar-refractivity contribution in [3.05, 3.63) is 35.9 Å². The van der Waals surface area contributed by atoms with E-state index in [1.54, 1.807) is 16.7 Å². The van der Waals surface area contributed by atoms with Gasteiger partial charge in [0.05, 0.1) is 12.5 Å². The van der Waals surface area contributed by atoms with Crippen LogP contribution in [0, 0.1) is 5.92 Å². The monoisotopic (exact) mass is 388 g/mol. The average Bonchev–Trinajstić information content (AvgIpc) is 3.22. The zero-order chi connectivity index (χ0) is 19.9. The first kappa shape index (κ1) is 20.2. The number of hydrogen-bond acceptors (Lipinski definition) is 5. The zero-order valence-electron chi connectivity index (χ0n) is 16.3. The summed E-state index contributed by atoms with van der Waals surface area (Å²) in [5, 5.41) is 0. The summed E-state index contributed by atoms with van der Waals surface area (Å²) in [6.07, 6.45) is 2.21. The summed E-state index contributed by atoms with van der Waals surface area (Å²) in [6, 6.07) is 9.02. The maximum absolute atomic E-state index is 13.0. The highest BCUT2D eigenvalue weighted by Crippen LogP contribution is 2.24. The molecule has 0 N–H and O–H groups in total. The van der Waals surface area contributed by atoms with Crippen molar-refractivity contribution in [1.29, 1.82) is 0 Å². The van der Waals surface area contributed by atoms with E-state index in [-0.39, 0.29) is 24.4 Å². The van der Waals surface area contributed by atoms with Gasteiger partial charge in [0, 0.05) is 19.6 Å². The summed E-state index contributed by atoms with van der Waals surface area (Å²) < 4.78 is 10.5. The second-order valence-electron chi connectivity index (χ2n) is 7.24. The largest absolute Gasteiger partial charge is 0.466 e. The van der Waals surface area contributed by atoms with E-state index in [2.05, 4.69) is 0 Å². The minimum Gasteiger partial charge on any atom is -0.466 e. The summed E-state index contributed by atoms with van der Waals surface area (Å²) in [5.41, 5.74) is 0.916. The molecular formula is C21H28N2O5. The van der Waals surface area contributed by atoms with Crippen LogP contribution in [0.1, 0.15) is 38.2 Å². The predicted molar refractivity (Wildman–Crippen MR) is 102 cm³/mol. The molecule has 1 aromatic carbocycles. The Morgan fingerprint density at radius 2 is 1.71 bits per heavy atom. The number of carbonyl (C=O) groups is 3. The highest BCUT2D eigenvalue weighted by molar-refractivity contribution is 5.86. The molecule has 0 aromatic heterocycles. The third kappa shape index (κ3) is 4.82. The number of benzene rings is 1. The number of amides is 2. The van der Waals surface area contributed by atoms with Crippen molar-refractivity contribution in [1.82, 2.24) is 9.80 Å². The van der Waals surface area contributed by atoms with Crippen LogP contribution in [0.2, 0.25) is 0 Å². The minimum atomic E-state index is -0.470. The first-order valence-corrected chi connectivity index (χ1v) is 10.0. The summed E-state index contributed by atoms with van der Waals surface area (Å²) in [4.78, 5) is 40.6. The lowest BCUT2D eigenvalue weighted by Crippen LogP contribution is -2.50. The molecule has 0 radical (unpaired) electrons. The SMILES string of the molecule is CCOC(=O)C1CCN(C(=O)[C@@H]2CCCN2C(=O)OCc2ccccc2)CC1. The van der Waals surface area contributed by atoms with Gasteiger partial charge in [0.25, 0.3) is 0 Å². The Bertz CT molecular complexity index is 685. The normalized spacial score (nSPS) is 20.1. The molecular weight excluding hydrogens is 360 g/mol. The fraction of sp³-hybridized carbons (Fsp3) is 0.571. The molecule has 2 amide bonds. The number of likely N-dealkylation sites (tertiary alicyclic amines) is 2. The van der Waals surface area contributed by atoms with Gasteiger partial charge in [0.2, 0.25) is 5.91 Å². The molecule has 2 saturated heterocycles. The Hall–Kier alpha value is -2.57. The lowest BCUT2D eigenvalue weighted by molar-refractivity contribution is -0.151. The number of piperidine rings is 1. The molecule has 2 heterocycles. The van der Waals surface area contributed by atoms with Gasteiger partial charge in [-0.05, 0) is 38.2 Å². The van der Waals surface area contributed by atoms with Gasteiger partial charge in [-0.3, -0.25) is 14.5 Å². The van der Waals surface area contributed by atoms with Crippen molar-refractivity contribution >= 4 is 18.0 Å². The van der Waals surface area contributed by atoms with E-state index in [0.717, 1.165) is 12.0 Å². The molecule has 1 atom stereocenters. The predicted octanol–water partition coefficient (Wildman–Crippen LogP) is 2.59. The second kappa shape index (κ2) is 9.57.